The summed E-state index contributed by atoms with van der Waals surface area (Å²) in [6.45, 7) is 6.32. The maximum atomic E-state index is 13.8. The first-order chi connectivity index (χ1) is 23.8. The molecule has 2 aliphatic rings. The maximum absolute atomic E-state index is 13.8. The molecule has 1 saturated heterocycles. The van der Waals surface area contributed by atoms with E-state index in [1.54, 1.807) is 31.3 Å². The van der Waals surface area contributed by atoms with Crippen molar-refractivity contribution >= 4 is 17.6 Å². The molecule has 258 valence electrons. The van der Waals surface area contributed by atoms with Gasteiger partial charge in [0.2, 0.25) is 24.6 Å². The van der Waals surface area contributed by atoms with Crippen molar-refractivity contribution in [2.24, 2.45) is 0 Å². The molecule has 1 atom stereocenters. The Morgan fingerprint density at radius 1 is 0.980 bits per heavy atom. The van der Waals surface area contributed by atoms with Crippen LogP contribution >= 0.6 is 0 Å². The van der Waals surface area contributed by atoms with E-state index in [1.165, 1.54) is 0 Å². The van der Waals surface area contributed by atoms with Crippen LogP contribution in [0.25, 0.3) is 5.95 Å². The molecule has 2 aromatic carbocycles. The zero-order chi connectivity index (χ0) is 34.3. The predicted octanol–water partition coefficient (Wildman–Crippen LogP) is 3.93. The van der Waals surface area contributed by atoms with Crippen LogP contribution in [0.15, 0.2) is 61.2 Å². The molecule has 0 spiro atoms. The molecule has 1 unspecified atom stereocenters. The topological polar surface area (TPSA) is 133 Å². The summed E-state index contributed by atoms with van der Waals surface area (Å²) in [5.41, 5.74) is 2.83. The molecule has 1 N–H and O–H groups in total. The average Bonchev–Trinajstić information content (AvgIpc) is 3.83. The highest BCUT2D eigenvalue weighted by atomic mass is 16.7. The minimum absolute atomic E-state index is 0.0468. The van der Waals surface area contributed by atoms with Crippen LogP contribution in [0.3, 0.4) is 0 Å². The monoisotopic (exact) mass is 669 g/mol. The van der Waals surface area contributed by atoms with Gasteiger partial charge >= 0.3 is 0 Å². The summed E-state index contributed by atoms with van der Waals surface area (Å²) < 4.78 is 23.5. The van der Waals surface area contributed by atoms with Crippen LogP contribution in [0.2, 0.25) is 0 Å². The Balaban J connectivity index is 1.15. The largest absolute Gasteiger partial charge is 0.493 e. The predicted molar refractivity (Wildman–Crippen MR) is 183 cm³/mol. The molecule has 1 fully saturated rings. The van der Waals surface area contributed by atoms with Gasteiger partial charge in [0.25, 0.3) is 0 Å². The Bertz CT molecular complexity index is 1760. The van der Waals surface area contributed by atoms with E-state index >= 15 is 0 Å². The van der Waals surface area contributed by atoms with Gasteiger partial charge in [-0.15, -0.1) is 0 Å². The fourth-order valence-electron chi connectivity index (χ4n) is 6.13. The highest BCUT2D eigenvalue weighted by Gasteiger charge is 2.33. The molecular formula is C36H43N7O6. The fraction of sp³-hybridized carbons (Fsp3) is 0.417. The van der Waals surface area contributed by atoms with E-state index in [-0.39, 0.29) is 43.4 Å². The van der Waals surface area contributed by atoms with Gasteiger partial charge in [0.1, 0.15) is 12.1 Å². The van der Waals surface area contributed by atoms with Crippen LogP contribution in [0.5, 0.6) is 23.0 Å². The Kier molecular flexibility index (Phi) is 10.5. The van der Waals surface area contributed by atoms with Crippen molar-refractivity contribution in [1.29, 1.82) is 0 Å². The van der Waals surface area contributed by atoms with Crippen LogP contribution < -0.4 is 29.2 Å². The van der Waals surface area contributed by atoms with Crippen LogP contribution in [0.1, 0.15) is 49.4 Å². The Labute approximate surface area is 286 Å². The number of imidazole rings is 1. The van der Waals surface area contributed by atoms with Crippen molar-refractivity contribution in [2.75, 3.05) is 52.1 Å². The third-order valence-electron chi connectivity index (χ3n) is 8.80. The number of carbonyl (C=O) groups is 2. The lowest BCUT2D eigenvalue weighted by atomic mass is 10.0. The fourth-order valence-corrected chi connectivity index (χ4v) is 6.13. The van der Waals surface area contributed by atoms with Crippen molar-refractivity contribution in [1.82, 2.24) is 29.7 Å². The van der Waals surface area contributed by atoms with Crippen molar-refractivity contribution in [3.8, 4) is 28.9 Å². The van der Waals surface area contributed by atoms with Gasteiger partial charge in [0, 0.05) is 51.1 Å². The quantitative estimate of drug-likeness (QED) is 0.209. The normalized spacial score (nSPS) is 15.4. The number of methoxy groups -OCH3 is 2. The second kappa shape index (κ2) is 15.3. The number of fused-ring (bicyclic) bond motifs is 1. The maximum Gasteiger partial charge on any atom is 0.237 e. The molecule has 0 radical (unpaired) electrons. The van der Waals surface area contributed by atoms with Crippen molar-refractivity contribution in [3.63, 3.8) is 0 Å². The molecule has 2 aromatic heterocycles. The molecule has 2 amide bonds. The van der Waals surface area contributed by atoms with E-state index in [1.807, 2.05) is 53.6 Å². The summed E-state index contributed by atoms with van der Waals surface area (Å²) in [6.07, 6.45) is 7.05. The molecule has 2 aliphatic heterocycles. The minimum Gasteiger partial charge on any atom is -0.493 e. The Hall–Kier alpha value is -5.33. The van der Waals surface area contributed by atoms with E-state index in [4.69, 9.17) is 28.9 Å². The van der Waals surface area contributed by atoms with Gasteiger partial charge in [-0.1, -0.05) is 26.0 Å². The van der Waals surface area contributed by atoms with Crippen LogP contribution in [-0.2, 0) is 22.4 Å². The number of hydrogen-bond donors (Lipinski definition) is 1. The van der Waals surface area contributed by atoms with Gasteiger partial charge < -0.3 is 34.1 Å². The van der Waals surface area contributed by atoms with Crippen LogP contribution in [-0.4, -0.2) is 89.5 Å². The Morgan fingerprint density at radius 3 is 2.57 bits per heavy atom. The lowest BCUT2D eigenvalue weighted by molar-refractivity contribution is -0.134. The Morgan fingerprint density at radius 2 is 1.80 bits per heavy atom. The molecule has 49 heavy (non-hydrogen) atoms. The first-order valence-electron chi connectivity index (χ1n) is 16.6. The summed E-state index contributed by atoms with van der Waals surface area (Å²) in [5.74, 6) is 3.98. The van der Waals surface area contributed by atoms with Gasteiger partial charge in [0.05, 0.1) is 32.4 Å². The second-order valence-electron chi connectivity index (χ2n) is 12.5. The molecule has 13 nitrogen and oxygen atoms in total. The summed E-state index contributed by atoms with van der Waals surface area (Å²) >= 11 is 0. The van der Waals surface area contributed by atoms with E-state index in [9.17, 15) is 9.59 Å². The number of nitrogens with zero attached hydrogens (tertiary/aromatic N) is 6. The number of hydrogen-bond acceptors (Lipinski definition) is 10. The molecule has 0 aliphatic carbocycles. The van der Waals surface area contributed by atoms with Gasteiger partial charge in [-0.25, -0.2) is 9.97 Å². The lowest BCUT2D eigenvalue weighted by Gasteiger charge is -2.42. The van der Waals surface area contributed by atoms with Crippen molar-refractivity contribution in [2.45, 2.75) is 51.5 Å². The first-order valence-corrected chi connectivity index (χ1v) is 16.6. The molecular weight excluding hydrogens is 626 g/mol. The van der Waals surface area contributed by atoms with Gasteiger partial charge in [-0.3, -0.25) is 14.2 Å². The summed E-state index contributed by atoms with van der Waals surface area (Å²) in [6, 6.07) is 13.0. The number of benzene rings is 2. The molecule has 0 saturated carbocycles. The number of amides is 2. The highest BCUT2D eigenvalue weighted by Crippen LogP contribution is 2.33. The number of aromatic nitrogens is 4. The van der Waals surface area contributed by atoms with E-state index in [0.29, 0.717) is 55.1 Å². The van der Waals surface area contributed by atoms with Crippen LogP contribution in [0, 0.1) is 0 Å². The number of carbonyl (C=O) groups excluding carboxylic acids is 2. The second-order valence-corrected chi connectivity index (χ2v) is 12.5. The average molecular weight is 670 g/mol. The molecule has 0 bridgehead atoms. The number of rotatable bonds is 13. The zero-order valence-corrected chi connectivity index (χ0v) is 28.4. The SMILES string of the molecule is COc1ccc(CCCNC(=O)CC2CN(c3cc(C(C)C)nc(-n4ccnc4)n3)CCN2C(=O)Cc2ccc3c(c2)OCO3)cc1OC. The number of piperazine rings is 1. The van der Waals surface area contributed by atoms with Crippen LogP contribution in [0.4, 0.5) is 5.82 Å². The standard InChI is InChI=1S/C36H43N7O6/c1-24(2)28-20-33(40-36(39-28)42-13-12-37-22-42)41-14-15-43(35(45)18-26-8-10-30-32(17-26)49-23-48-30)27(21-41)19-34(44)38-11-5-6-25-7-9-29(46-3)31(16-25)47-4/h7-10,12-13,16-17,20,22,24,27H,5-6,11,14-15,18-19,21,23H2,1-4H3,(H,38,44). The first kappa shape index (κ1) is 33.6. The summed E-state index contributed by atoms with van der Waals surface area (Å²) in [7, 11) is 3.23. The summed E-state index contributed by atoms with van der Waals surface area (Å²) in [5, 5.41) is 3.08. The van der Waals surface area contributed by atoms with Gasteiger partial charge in [-0.2, -0.15) is 4.98 Å². The van der Waals surface area contributed by atoms with E-state index < -0.39 is 0 Å². The zero-order valence-electron chi connectivity index (χ0n) is 28.4. The minimum atomic E-state index is -0.365. The number of aryl methyl sites for hydroxylation is 1. The molecule has 4 aromatic rings. The smallest absolute Gasteiger partial charge is 0.237 e. The third kappa shape index (κ3) is 8.04. The summed E-state index contributed by atoms with van der Waals surface area (Å²) in [4.78, 5) is 45.0. The van der Waals surface area contributed by atoms with Gasteiger partial charge in [0.15, 0.2) is 23.0 Å². The lowest BCUT2D eigenvalue weighted by Crippen LogP contribution is -2.57. The molecule has 13 heteroatoms. The van der Waals surface area contributed by atoms with Crippen molar-refractivity contribution in [3.05, 3.63) is 78.0 Å². The number of ether oxygens (including phenoxy) is 4. The van der Waals surface area contributed by atoms with Gasteiger partial charge in [-0.05, 0) is 54.2 Å². The van der Waals surface area contributed by atoms with Crippen molar-refractivity contribution < 1.29 is 28.5 Å². The molecule has 6 rings (SSSR count). The number of nitrogens with one attached hydrogen (secondary N) is 1. The molecule has 4 heterocycles. The van der Waals surface area contributed by atoms with E-state index in [0.717, 1.165) is 35.5 Å². The van der Waals surface area contributed by atoms with E-state index in [2.05, 4.69) is 29.0 Å². The third-order valence-corrected chi connectivity index (χ3v) is 8.80. The number of anilines is 1. The highest BCUT2D eigenvalue weighted by molar-refractivity contribution is 5.82.